The number of aryl methyl sites for hydroxylation is 2. The van der Waals surface area contributed by atoms with Crippen molar-refractivity contribution in [3.8, 4) is 5.75 Å². The Hall–Kier alpha value is -3.36. The van der Waals surface area contributed by atoms with E-state index in [1.54, 1.807) is 12.1 Å². The number of aromatic nitrogens is 1. The third-order valence-corrected chi connectivity index (χ3v) is 4.55. The average molecular weight is 427 g/mol. The SMILES string of the molecule is Cc1cccc2c1c(C(=O)Oc1ccccc1)c1ccccc1[n+]2C.O=S(=O)([O-])F. The topological polar surface area (TPSA) is 87.4 Å². The van der Waals surface area contributed by atoms with Crippen molar-refractivity contribution in [3.05, 3.63) is 83.9 Å². The summed E-state index contributed by atoms with van der Waals surface area (Å²) >= 11 is 0. The number of hydrogen-bond donors (Lipinski definition) is 0. The predicted molar refractivity (Wildman–Crippen MR) is 110 cm³/mol. The molecule has 1 aromatic heterocycles. The van der Waals surface area contributed by atoms with Gasteiger partial charge in [-0.1, -0.05) is 42.5 Å². The first-order chi connectivity index (χ1) is 14.2. The Kier molecular flexibility index (Phi) is 6.09. The fourth-order valence-electron chi connectivity index (χ4n) is 3.36. The number of esters is 1. The van der Waals surface area contributed by atoms with Gasteiger partial charge in [0.05, 0.1) is 16.3 Å². The highest BCUT2D eigenvalue weighted by Crippen LogP contribution is 2.28. The van der Waals surface area contributed by atoms with Crippen LogP contribution in [0.5, 0.6) is 5.75 Å². The van der Waals surface area contributed by atoms with E-state index in [2.05, 4.69) is 4.57 Å². The summed E-state index contributed by atoms with van der Waals surface area (Å²) < 4.78 is 43.1. The van der Waals surface area contributed by atoms with Crippen LogP contribution in [0.4, 0.5) is 3.89 Å². The minimum atomic E-state index is -5.42. The van der Waals surface area contributed by atoms with Crippen LogP contribution in [-0.2, 0) is 17.6 Å². The fraction of sp³-hybridized carbons (Fsp3) is 0.0909. The van der Waals surface area contributed by atoms with E-state index in [0.29, 0.717) is 11.3 Å². The van der Waals surface area contributed by atoms with Crippen LogP contribution in [0.2, 0.25) is 0 Å². The van der Waals surface area contributed by atoms with E-state index in [1.807, 2.05) is 74.6 Å². The molecule has 0 bridgehead atoms. The standard InChI is InChI=1S/C22H18NO2.FHO3S/c1-15-9-8-14-19-20(15)21(17-12-6-7-13-18(17)23(19)2)22(24)25-16-10-4-3-5-11-16;1-5(2,3)4/h3-14H,1-2H3;(H,2,3,4)/q+1;/p-1. The second-order valence-corrected chi connectivity index (χ2v) is 7.30. The molecule has 4 aromatic rings. The number of benzene rings is 3. The van der Waals surface area contributed by atoms with Crippen molar-refractivity contribution in [1.29, 1.82) is 0 Å². The number of hydrogen-bond acceptors (Lipinski definition) is 5. The molecule has 0 aliphatic rings. The zero-order valence-corrected chi connectivity index (χ0v) is 17.0. The molecule has 0 spiro atoms. The lowest BCUT2D eigenvalue weighted by molar-refractivity contribution is -0.617. The lowest BCUT2D eigenvalue weighted by Gasteiger charge is -2.11. The number of nitrogens with zero attached hydrogens (tertiary/aromatic N) is 1. The first kappa shape index (κ1) is 21.4. The molecule has 0 amide bonds. The molecule has 0 atom stereocenters. The Bertz CT molecular complexity index is 1330. The van der Waals surface area contributed by atoms with Crippen LogP contribution in [0, 0.1) is 6.92 Å². The Labute approximate surface area is 173 Å². The summed E-state index contributed by atoms with van der Waals surface area (Å²) in [5, 5.41) is 1.83. The highest BCUT2D eigenvalue weighted by Gasteiger charge is 2.24. The predicted octanol–water partition coefficient (Wildman–Crippen LogP) is 3.76. The largest absolute Gasteiger partial charge is 0.722 e. The number of carbonyl (C=O) groups excluding carboxylic acids is 1. The van der Waals surface area contributed by atoms with Gasteiger partial charge < -0.3 is 9.29 Å². The van der Waals surface area contributed by atoms with E-state index < -0.39 is 10.5 Å². The van der Waals surface area contributed by atoms with Crippen LogP contribution in [0.25, 0.3) is 21.8 Å². The zero-order chi connectivity index (χ0) is 21.9. The summed E-state index contributed by atoms with van der Waals surface area (Å²) in [5.41, 5.74) is 3.68. The normalized spacial score (nSPS) is 11.1. The van der Waals surface area contributed by atoms with Gasteiger partial charge in [0, 0.05) is 12.1 Å². The molecule has 0 N–H and O–H groups in total. The van der Waals surface area contributed by atoms with Crippen molar-refractivity contribution in [2.75, 3.05) is 0 Å². The lowest BCUT2D eigenvalue weighted by atomic mass is 9.98. The van der Waals surface area contributed by atoms with Gasteiger partial charge in [0.15, 0.2) is 0 Å². The molecule has 0 saturated carbocycles. The maximum atomic E-state index is 13.1. The van der Waals surface area contributed by atoms with Crippen LogP contribution >= 0.6 is 0 Å². The number of rotatable bonds is 2. The number of para-hydroxylation sites is 2. The van der Waals surface area contributed by atoms with Crippen LogP contribution < -0.4 is 9.30 Å². The van der Waals surface area contributed by atoms with Crippen molar-refractivity contribution < 1.29 is 31.0 Å². The molecule has 30 heavy (non-hydrogen) atoms. The molecule has 0 saturated heterocycles. The van der Waals surface area contributed by atoms with E-state index >= 15 is 0 Å². The molecule has 0 unspecified atom stereocenters. The Morgan fingerprint density at radius 2 is 1.50 bits per heavy atom. The third kappa shape index (κ3) is 4.79. The highest BCUT2D eigenvalue weighted by atomic mass is 32.3. The van der Waals surface area contributed by atoms with Gasteiger partial charge in [-0.05, 0) is 30.7 Å². The van der Waals surface area contributed by atoms with Gasteiger partial charge in [0.2, 0.25) is 11.0 Å². The van der Waals surface area contributed by atoms with Gasteiger partial charge in [-0.25, -0.2) is 13.2 Å². The lowest BCUT2D eigenvalue weighted by Crippen LogP contribution is -2.31. The Morgan fingerprint density at radius 1 is 0.933 bits per heavy atom. The van der Waals surface area contributed by atoms with Gasteiger partial charge in [0.1, 0.15) is 12.8 Å². The van der Waals surface area contributed by atoms with E-state index in [4.69, 9.17) is 17.7 Å². The van der Waals surface area contributed by atoms with Crippen molar-refractivity contribution in [1.82, 2.24) is 0 Å². The molecular formula is C22H18FNO5S. The number of carbonyl (C=O) groups is 1. The van der Waals surface area contributed by atoms with Crippen LogP contribution in [0.15, 0.2) is 72.8 Å². The molecule has 0 aliphatic heterocycles. The Balaban J connectivity index is 0.000000461. The molecule has 0 aliphatic carbocycles. The Morgan fingerprint density at radius 3 is 2.17 bits per heavy atom. The van der Waals surface area contributed by atoms with Crippen LogP contribution in [0.1, 0.15) is 15.9 Å². The summed E-state index contributed by atoms with van der Waals surface area (Å²) in [4.78, 5) is 13.1. The van der Waals surface area contributed by atoms with Crippen molar-refractivity contribution in [2.24, 2.45) is 7.05 Å². The number of halogens is 1. The van der Waals surface area contributed by atoms with Gasteiger partial charge in [0.25, 0.3) is 10.5 Å². The molecular weight excluding hydrogens is 409 g/mol. The highest BCUT2D eigenvalue weighted by molar-refractivity contribution is 7.80. The molecule has 8 heteroatoms. The van der Waals surface area contributed by atoms with Crippen LogP contribution in [-0.4, -0.2) is 18.9 Å². The molecule has 3 aromatic carbocycles. The van der Waals surface area contributed by atoms with E-state index in [1.165, 1.54) is 0 Å². The molecule has 1 heterocycles. The van der Waals surface area contributed by atoms with E-state index in [9.17, 15) is 8.68 Å². The van der Waals surface area contributed by atoms with E-state index in [-0.39, 0.29) is 5.97 Å². The molecule has 4 rings (SSSR count). The van der Waals surface area contributed by atoms with Gasteiger partial charge in [-0.15, -0.1) is 3.89 Å². The second kappa shape index (κ2) is 8.56. The van der Waals surface area contributed by atoms with Crippen molar-refractivity contribution >= 4 is 38.3 Å². The smallest absolute Gasteiger partial charge is 0.345 e. The van der Waals surface area contributed by atoms with Gasteiger partial charge >= 0.3 is 5.97 Å². The molecule has 6 nitrogen and oxygen atoms in total. The first-order valence-electron chi connectivity index (χ1n) is 8.89. The maximum Gasteiger partial charge on any atom is 0.345 e. The molecule has 0 radical (unpaired) electrons. The third-order valence-electron chi connectivity index (χ3n) is 4.55. The summed E-state index contributed by atoms with van der Waals surface area (Å²) in [6, 6.07) is 23.2. The monoisotopic (exact) mass is 427 g/mol. The summed E-state index contributed by atoms with van der Waals surface area (Å²) in [7, 11) is -3.39. The fourth-order valence-corrected chi connectivity index (χ4v) is 3.36. The van der Waals surface area contributed by atoms with Crippen molar-refractivity contribution in [3.63, 3.8) is 0 Å². The number of pyridine rings is 1. The van der Waals surface area contributed by atoms with Crippen molar-refractivity contribution in [2.45, 2.75) is 6.92 Å². The maximum absolute atomic E-state index is 13.1. The van der Waals surface area contributed by atoms with Gasteiger partial charge in [-0.2, -0.15) is 4.57 Å². The minimum Gasteiger partial charge on any atom is -0.722 e. The first-order valence-corrected chi connectivity index (χ1v) is 10.2. The number of fused-ring (bicyclic) bond motifs is 2. The quantitative estimate of drug-likeness (QED) is 0.121. The van der Waals surface area contributed by atoms with Crippen LogP contribution in [0.3, 0.4) is 0 Å². The summed E-state index contributed by atoms with van der Waals surface area (Å²) in [6.45, 7) is 2.02. The molecule has 0 fully saturated rings. The summed E-state index contributed by atoms with van der Waals surface area (Å²) in [6.07, 6.45) is 0. The van der Waals surface area contributed by atoms with E-state index in [0.717, 1.165) is 27.4 Å². The summed E-state index contributed by atoms with van der Waals surface area (Å²) in [5.74, 6) is 0.217. The average Bonchev–Trinajstić information content (AvgIpc) is 2.68. The zero-order valence-electron chi connectivity index (χ0n) is 16.2. The molecule has 154 valence electrons. The minimum absolute atomic E-state index is 0.331. The van der Waals surface area contributed by atoms with Gasteiger partial charge in [-0.3, -0.25) is 0 Å². The number of ether oxygens (including phenoxy) is 1. The second-order valence-electron chi connectivity index (χ2n) is 6.52.